The molecule has 0 spiro atoms. The zero-order chi connectivity index (χ0) is 41.6. The van der Waals surface area contributed by atoms with Gasteiger partial charge in [-0.05, 0) is 143 Å². The van der Waals surface area contributed by atoms with Crippen LogP contribution in [0.4, 0.5) is 28.4 Å². The molecule has 2 atom stereocenters. The molecule has 0 radical (unpaired) electrons. The van der Waals surface area contributed by atoms with Gasteiger partial charge in [-0.2, -0.15) is 11.3 Å². The molecule has 59 heavy (non-hydrogen) atoms. The first-order valence-corrected chi connectivity index (χ1v) is 23.6. The normalized spacial score (nSPS) is 25.8. The number of rotatable bonds is 3. The Morgan fingerprint density at radius 1 is 0.763 bits per heavy atom. The molecule has 0 N–H and O–H groups in total. The molecule has 2 unspecified atom stereocenters. The molecule has 6 aliphatic rings. The van der Waals surface area contributed by atoms with Gasteiger partial charge in [-0.1, -0.05) is 141 Å². The number of anilines is 5. The molecule has 1 saturated carbocycles. The Labute approximate surface area is 360 Å². The highest BCUT2D eigenvalue weighted by Crippen LogP contribution is 2.59. The molecule has 1 aromatic heterocycles. The fourth-order valence-electron chi connectivity index (χ4n) is 12.0. The number of aryl methyl sites for hydroxylation is 1. The van der Waals surface area contributed by atoms with Crippen molar-refractivity contribution in [2.75, 3.05) is 9.80 Å². The molecule has 10 rings (SSSR count). The van der Waals surface area contributed by atoms with E-state index < -0.39 is 0 Å². The van der Waals surface area contributed by atoms with Crippen LogP contribution in [0.15, 0.2) is 90.1 Å². The van der Waals surface area contributed by atoms with Crippen molar-refractivity contribution in [2.24, 2.45) is 16.7 Å². The summed E-state index contributed by atoms with van der Waals surface area (Å²) < 4.78 is 1.53. The fourth-order valence-corrected chi connectivity index (χ4v) is 13.4. The van der Waals surface area contributed by atoms with E-state index in [2.05, 4.69) is 189 Å². The molecule has 2 aliphatic heterocycles. The third kappa shape index (κ3) is 5.85. The number of fused-ring (bicyclic) bond motifs is 8. The van der Waals surface area contributed by atoms with Crippen molar-refractivity contribution in [2.45, 2.75) is 144 Å². The van der Waals surface area contributed by atoms with Gasteiger partial charge in [0.2, 0.25) is 0 Å². The topological polar surface area (TPSA) is 6.48 Å². The average molecular weight is 797 g/mol. The number of nitrogens with zero attached hydrogens (tertiary/aromatic N) is 2. The molecular formula is C55H65BN2S. The molecule has 3 heterocycles. The van der Waals surface area contributed by atoms with Crippen molar-refractivity contribution in [1.82, 2.24) is 0 Å². The second-order valence-electron chi connectivity index (χ2n) is 22.1. The Balaban J connectivity index is 1.35. The summed E-state index contributed by atoms with van der Waals surface area (Å²) in [5.74, 6) is 0.939. The SMILES string of the molecule is C/C1=C\C/C=C\C=C\C1N1c2cc3c(cc2B2c4sc5c(c4N(c4ccccc4C)c4cc(C(C)C)cc1c42)C=C1C(C5)C(C)(C)CCC1(C)C)C(C)(C)CCC3(C)C. The van der Waals surface area contributed by atoms with E-state index in [-0.39, 0.29) is 34.4 Å². The zero-order valence-electron chi connectivity index (χ0n) is 37.9. The van der Waals surface area contributed by atoms with Crippen LogP contribution in [0.25, 0.3) is 6.08 Å². The monoisotopic (exact) mass is 796 g/mol. The summed E-state index contributed by atoms with van der Waals surface area (Å²) in [6.45, 7) is 29.7. The van der Waals surface area contributed by atoms with E-state index in [0.717, 1.165) is 12.8 Å². The van der Waals surface area contributed by atoms with E-state index >= 15 is 0 Å². The minimum Gasteiger partial charge on any atom is -0.332 e. The maximum absolute atomic E-state index is 2.78. The predicted molar refractivity (Wildman–Crippen MR) is 259 cm³/mol. The highest BCUT2D eigenvalue weighted by atomic mass is 32.1. The largest absolute Gasteiger partial charge is 0.332 e. The minimum atomic E-state index is 0.102. The van der Waals surface area contributed by atoms with Crippen LogP contribution in [-0.2, 0) is 17.3 Å². The predicted octanol–water partition coefficient (Wildman–Crippen LogP) is 13.5. The third-order valence-electron chi connectivity index (χ3n) is 16.1. The summed E-state index contributed by atoms with van der Waals surface area (Å²) in [6, 6.07) is 19.9. The van der Waals surface area contributed by atoms with Crippen molar-refractivity contribution in [3.63, 3.8) is 0 Å². The van der Waals surface area contributed by atoms with Crippen LogP contribution < -0.4 is 25.5 Å². The Morgan fingerprint density at radius 3 is 2.19 bits per heavy atom. The number of benzene rings is 3. The highest BCUT2D eigenvalue weighted by molar-refractivity contribution is 7.29. The van der Waals surface area contributed by atoms with Gasteiger partial charge in [-0.3, -0.25) is 0 Å². The van der Waals surface area contributed by atoms with Crippen molar-refractivity contribution in [1.29, 1.82) is 0 Å². The first-order chi connectivity index (χ1) is 27.9. The maximum atomic E-state index is 2.78. The van der Waals surface area contributed by atoms with Crippen molar-refractivity contribution >= 4 is 68.3 Å². The number of hydrogen-bond acceptors (Lipinski definition) is 3. The molecule has 3 aromatic carbocycles. The molecule has 4 aliphatic carbocycles. The van der Waals surface area contributed by atoms with Gasteiger partial charge in [-0.25, -0.2) is 0 Å². The second kappa shape index (κ2) is 13.2. The minimum absolute atomic E-state index is 0.102. The standard InChI is InChI=1S/C55H65BN2S/c1-33(2)36-27-46-49-47(28-36)58(44-22-18-17-20-35(44)4)50-37-29-38-41(55(11,12)26-23-52(38,5)6)32-48(37)59-51(50)56(49)42-30-39-40(54(9,10)25-24-53(39,7)8)31-45(42)57(46)43-21-16-14-13-15-19-34(43)3/h13-14,16-22,27-31,33,41,43H,15,23-26,32H2,1-12H3/b14-13-,21-16+,34-19+. The number of hydrogen-bond donors (Lipinski definition) is 0. The van der Waals surface area contributed by atoms with Gasteiger partial charge < -0.3 is 9.80 Å². The number of allylic oxidation sites excluding steroid dienone is 5. The Bertz CT molecular complexity index is 2550. The molecule has 0 bridgehead atoms. The zero-order valence-corrected chi connectivity index (χ0v) is 38.8. The van der Waals surface area contributed by atoms with E-state index in [4.69, 9.17) is 0 Å². The van der Waals surface area contributed by atoms with Gasteiger partial charge in [0.25, 0.3) is 6.71 Å². The molecule has 304 valence electrons. The van der Waals surface area contributed by atoms with Crippen LogP contribution in [0, 0.1) is 23.7 Å². The summed E-state index contributed by atoms with van der Waals surface area (Å²) in [4.78, 5) is 7.11. The van der Waals surface area contributed by atoms with Crippen molar-refractivity contribution < 1.29 is 0 Å². The molecule has 0 amide bonds. The van der Waals surface area contributed by atoms with Crippen molar-refractivity contribution in [3.8, 4) is 0 Å². The molecular weight excluding hydrogens is 731 g/mol. The Morgan fingerprint density at radius 2 is 1.46 bits per heavy atom. The van der Waals surface area contributed by atoms with Gasteiger partial charge in [-0.15, -0.1) is 0 Å². The first-order valence-electron chi connectivity index (χ1n) is 22.8. The van der Waals surface area contributed by atoms with E-state index in [0.29, 0.717) is 11.8 Å². The Kier molecular flexibility index (Phi) is 8.78. The summed E-state index contributed by atoms with van der Waals surface area (Å²) in [5, 5.41) is 0. The van der Waals surface area contributed by atoms with Crippen LogP contribution >= 0.6 is 11.3 Å². The summed E-state index contributed by atoms with van der Waals surface area (Å²) in [7, 11) is 0. The van der Waals surface area contributed by atoms with Crippen LogP contribution in [0.5, 0.6) is 0 Å². The van der Waals surface area contributed by atoms with Crippen LogP contribution in [0.2, 0.25) is 0 Å². The maximum Gasteiger partial charge on any atom is 0.264 e. The van der Waals surface area contributed by atoms with Crippen LogP contribution in [0.3, 0.4) is 0 Å². The van der Waals surface area contributed by atoms with E-state index in [1.54, 1.807) is 21.6 Å². The van der Waals surface area contributed by atoms with E-state index in [1.165, 1.54) is 92.1 Å². The molecule has 4 aromatic rings. The molecule has 4 heteroatoms. The van der Waals surface area contributed by atoms with E-state index in [9.17, 15) is 0 Å². The lowest BCUT2D eigenvalue weighted by atomic mass is 9.35. The van der Waals surface area contributed by atoms with Gasteiger partial charge in [0.15, 0.2) is 0 Å². The third-order valence-corrected chi connectivity index (χ3v) is 17.4. The first kappa shape index (κ1) is 39.1. The van der Waals surface area contributed by atoms with Gasteiger partial charge in [0.05, 0.1) is 11.7 Å². The lowest BCUT2D eigenvalue weighted by Crippen LogP contribution is -2.62. The summed E-state index contributed by atoms with van der Waals surface area (Å²) in [6.07, 6.45) is 21.5. The average Bonchev–Trinajstić information content (AvgIpc) is 3.55. The smallest absolute Gasteiger partial charge is 0.264 e. The molecule has 2 nitrogen and oxygen atoms in total. The summed E-state index contributed by atoms with van der Waals surface area (Å²) in [5.41, 5.74) is 20.9. The number of thiophene rings is 1. The molecule has 1 fully saturated rings. The van der Waals surface area contributed by atoms with Crippen LogP contribution in [0.1, 0.15) is 147 Å². The lowest BCUT2D eigenvalue weighted by Gasteiger charge is -2.50. The molecule has 0 saturated heterocycles. The second-order valence-corrected chi connectivity index (χ2v) is 23.2. The summed E-state index contributed by atoms with van der Waals surface area (Å²) >= 11 is 2.15. The quantitative estimate of drug-likeness (QED) is 0.133. The highest BCUT2D eigenvalue weighted by Gasteiger charge is 2.51. The van der Waals surface area contributed by atoms with E-state index in [1.807, 2.05) is 0 Å². The van der Waals surface area contributed by atoms with Crippen molar-refractivity contribution in [3.05, 3.63) is 123 Å². The number of para-hydroxylation sites is 1. The fraction of sp³-hybridized carbons (Fsp3) is 0.455. The van der Waals surface area contributed by atoms with Gasteiger partial charge in [0.1, 0.15) is 0 Å². The van der Waals surface area contributed by atoms with Crippen LogP contribution in [-0.4, -0.2) is 12.8 Å². The lowest BCUT2D eigenvalue weighted by molar-refractivity contribution is 0.124. The van der Waals surface area contributed by atoms with Gasteiger partial charge in [0, 0.05) is 38.0 Å². The van der Waals surface area contributed by atoms with Gasteiger partial charge >= 0.3 is 0 Å². The Hall–Kier alpha value is -4.02.